The molecule has 3 N–H and O–H groups in total. The van der Waals surface area contributed by atoms with Crippen molar-refractivity contribution in [3.05, 3.63) is 52.6 Å². The molecular formula is C19H22BrN3O2. The number of aromatic nitrogens is 1. The van der Waals surface area contributed by atoms with Gasteiger partial charge in [0.1, 0.15) is 5.82 Å². The van der Waals surface area contributed by atoms with E-state index in [1.54, 1.807) is 18.3 Å². The largest absolute Gasteiger partial charge is 0.396 e. The van der Waals surface area contributed by atoms with E-state index in [9.17, 15) is 9.90 Å². The molecule has 1 amide bonds. The molecular weight excluding hydrogens is 382 g/mol. The highest BCUT2D eigenvalue weighted by atomic mass is 79.9. The number of hydrogen-bond acceptors (Lipinski definition) is 4. The van der Waals surface area contributed by atoms with Crippen molar-refractivity contribution in [2.75, 3.05) is 23.8 Å². The molecule has 0 bridgehead atoms. The number of rotatable bonds is 7. The number of nitrogens with zero attached hydrogens (tertiary/aromatic N) is 1. The van der Waals surface area contributed by atoms with Gasteiger partial charge in [0.15, 0.2) is 0 Å². The molecule has 0 saturated heterocycles. The van der Waals surface area contributed by atoms with Crippen molar-refractivity contribution in [2.24, 2.45) is 5.41 Å². The van der Waals surface area contributed by atoms with Crippen LogP contribution in [-0.2, 0) is 0 Å². The van der Waals surface area contributed by atoms with Crippen LogP contribution in [-0.4, -0.2) is 29.1 Å². The summed E-state index contributed by atoms with van der Waals surface area (Å²) in [7, 11) is 0. The molecule has 3 rings (SSSR count). The molecule has 1 aromatic carbocycles. The van der Waals surface area contributed by atoms with Crippen LogP contribution in [0.15, 0.2) is 47.1 Å². The molecule has 1 heterocycles. The van der Waals surface area contributed by atoms with Crippen LogP contribution in [0, 0.1) is 5.41 Å². The zero-order valence-corrected chi connectivity index (χ0v) is 15.6. The first kappa shape index (κ1) is 17.9. The summed E-state index contributed by atoms with van der Waals surface area (Å²) in [5.41, 5.74) is 1.38. The van der Waals surface area contributed by atoms with Gasteiger partial charge in [-0.15, -0.1) is 0 Å². The van der Waals surface area contributed by atoms with E-state index in [1.165, 1.54) is 6.42 Å². The van der Waals surface area contributed by atoms with Gasteiger partial charge in [-0.05, 0) is 61.1 Å². The number of aliphatic hydroxyl groups excluding tert-OH is 1. The molecule has 1 fully saturated rings. The van der Waals surface area contributed by atoms with Gasteiger partial charge in [-0.25, -0.2) is 4.98 Å². The number of benzene rings is 1. The summed E-state index contributed by atoms with van der Waals surface area (Å²) in [6, 6.07) is 11.0. The van der Waals surface area contributed by atoms with E-state index in [2.05, 4.69) is 31.5 Å². The first-order chi connectivity index (χ1) is 12.1. The Hall–Kier alpha value is -1.92. The zero-order valence-electron chi connectivity index (χ0n) is 14.0. The molecule has 0 radical (unpaired) electrons. The molecule has 132 valence electrons. The Balaban J connectivity index is 1.69. The van der Waals surface area contributed by atoms with E-state index in [-0.39, 0.29) is 17.9 Å². The van der Waals surface area contributed by atoms with Crippen molar-refractivity contribution in [2.45, 2.75) is 25.7 Å². The lowest BCUT2D eigenvalue weighted by molar-refractivity contribution is 0.100. The summed E-state index contributed by atoms with van der Waals surface area (Å²) in [6.07, 6.45) is 5.87. The Morgan fingerprint density at radius 3 is 2.64 bits per heavy atom. The Morgan fingerprint density at radius 2 is 2.00 bits per heavy atom. The van der Waals surface area contributed by atoms with Gasteiger partial charge in [0.2, 0.25) is 0 Å². The van der Waals surface area contributed by atoms with Crippen molar-refractivity contribution in [1.82, 2.24) is 4.98 Å². The second kappa shape index (κ2) is 7.97. The maximum atomic E-state index is 12.6. The SMILES string of the molecule is O=C(Nc1ccc(Br)cc1)c1cccnc1NCC1(CCO)CCC1. The lowest BCUT2D eigenvalue weighted by Gasteiger charge is -2.42. The second-order valence-corrected chi connectivity index (χ2v) is 7.46. The maximum absolute atomic E-state index is 12.6. The fourth-order valence-electron chi connectivity index (χ4n) is 3.16. The zero-order chi connectivity index (χ0) is 17.7. The van der Waals surface area contributed by atoms with E-state index >= 15 is 0 Å². The van der Waals surface area contributed by atoms with Crippen molar-refractivity contribution < 1.29 is 9.90 Å². The fourth-order valence-corrected chi connectivity index (χ4v) is 3.43. The lowest BCUT2D eigenvalue weighted by atomic mass is 9.67. The number of aliphatic hydroxyl groups is 1. The number of halogens is 1. The average molecular weight is 404 g/mol. The Morgan fingerprint density at radius 1 is 1.24 bits per heavy atom. The molecule has 0 unspecified atom stereocenters. The third kappa shape index (κ3) is 4.38. The Labute approximate surface area is 156 Å². The molecule has 5 nitrogen and oxygen atoms in total. The molecule has 0 atom stereocenters. The minimum atomic E-state index is -0.192. The number of carbonyl (C=O) groups is 1. The molecule has 1 aliphatic rings. The van der Waals surface area contributed by atoms with Gasteiger partial charge in [0.05, 0.1) is 5.56 Å². The average Bonchev–Trinajstić information content (AvgIpc) is 2.59. The first-order valence-corrected chi connectivity index (χ1v) is 9.28. The highest BCUT2D eigenvalue weighted by molar-refractivity contribution is 9.10. The lowest BCUT2D eigenvalue weighted by Crippen LogP contribution is -2.37. The number of carbonyl (C=O) groups excluding carboxylic acids is 1. The topological polar surface area (TPSA) is 74.2 Å². The van der Waals surface area contributed by atoms with Crippen molar-refractivity contribution in [3.63, 3.8) is 0 Å². The van der Waals surface area contributed by atoms with Crippen LogP contribution >= 0.6 is 15.9 Å². The van der Waals surface area contributed by atoms with Crippen LogP contribution < -0.4 is 10.6 Å². The molecule has 0 spiro atoms. The van der Waals surface area contributed by atoms with Gasteiger partial charge in [-0.1, -0.05) is 22.4 Å². The van der Waals surface area contributed by atoms with E-state index in [0.717, 1.165) is 36.0 Å². The summed E-state index contributed by atoms with van der Waals surface area (Å²) in [5, 5.41) is 15.5. The second-order valence-electron chi connectivity index (χ2n) is 6.54. The smallest absolute Gasteiger partial charge is 0.259 e. The number of anilines is 2. The van der Waals surface area contributed by atoms with Crippen LogP contribution in [0.25, 0.3) is 0 Å². The number of hydrogen-bond donors (Lipinski definition) is 3. The van der Waals surface area contributed by atoms with Crippen molar-refractivity contribution in [1.29, 1.82) is 0 Å². The number of pyridine rings is 1. The quantitative estimate of drug-likeness (QED) is 0.651. The van der Waals surface area contributed by atoms with Crippen LogP contribution in [0.4, 0.5) is 11.5 Å². The highest BCUT2D eigenvalue weighted by Crippen LogP contribution is 2.43. The van der Waals surface area contributed by atoms with Crippen LogP contribution in [0.3, 0.4) is 0 Å². The summed E-state index contributed by atoms with van der Waals surface area (Å²) >= 11 is 3.38. The first-order valence-electron chi connectivity index (χ1n) is 8.49. The van der Waals surface area contributed by atoms with E-state index < -0.39 is 0 Å². The summed E-state index contributed by atoms with van der Waals surface area (Å²) in [4.78, 5) is 16.9. The molecule has 1 saturated carbocycles. The third-order valence-corrected chi connectivity index (χ3v) is 5.37. The van der Waals surface area contributed by atoms with E-state index in [1.807, 2.05) is 24.3 Å². The number of amides is 1. The van der Waals surface area contributed by atoms with Crippen LogP contribution in [0.2, 0.25) is 0 Å². The van der Waals surface area contributed by atoms with Gasteiger partial charge >= 0.3 is 0 Å². The summed E-state index contributed by atoms with van der Waals surface area (Å²) in [6.45, 7) is 0.921. The molecule has 2 aromatic rings. The third-order valence-electron chi connectivity index (χ3n) is 4.84. The van der Waals surface area contributed by atoms with Crippen LogP contribution in [0.1, 0.15) is 36.0 Å². The van der Waals surface area contributed by atoms with Gasteiger partial charge in [0, 0.05) is 29.5 Å². The normalized spacial score (nSPS) is 15.3. The van der Waals surface area contributed by atoms with Gasteiger partial charge in [-0.2, -0.15) is 0 Å². The minimum absolute atomic E-state index is 0.131. The van der Waals surface area contributed by atoms with Crippen LogP contribution in [0.5, 0.6) is 0 Å². The van der Waals surface area contributed by atoms with Gasteiger partial charge < -0.3 is 15.7 Å². The summed E-state index contributed by atoms with van der Waals surface area (Å²) < 4.78 is 0.962. The molecule has 25 heavy (non-hydrogen) atoms. The fraction of sp³-hybridized carbons (Fsp3) is 0.368. The maximum Gasteiger partial charge on any atom is 0.259 e. The van der Waals surface area contributed by atoms with Crippen molar-refractivity contribution in [3.8, 4) is 0 Å². The van der Waals surface area contributed by atoms with E-state index in [4.69, 9.17) is 0 Å². The summed E-state index contributed by atoms with van der Waals surface area (Å²) in [5.74, 6) is 0.393. The van der Waals surface area contributed by atoms with Gasteiger partial charge in [-0.3, -0.25) is 4.79 Å². The Bertz CT molecular complexity index is 730. The van der Waals surface area contributed by atoms with E-state index in [0.29, 0.717) is 11.4 Å². The standard InChI is InChI=1S/C19H22BrN3O2/c20-14-4-6-15(7-5-14)23-18(25)16-3-1-11-21-17(16)22-13-19(10-12-24)8-2-9-19/h1,3-7,11,24H,2,8-10,12-13H2,(H,21,22)(H,23,25). The highest BCUT2D eigenvalue weighted by Gasteiger charge is 2.36. The molecule has 1 aliphatic carbocycles. The van der Waals surface area contributed by atoms with Crippen molar-refractivity contribution >= 4 is 33.3 Å². The predicted molar refractivity (Wildman–Crippen MR) is 103 cm³/mol. The molecule has 0 aliphatic heterocycles. The number of nitrogens with one attached hydrogen (secondary N) is 2. The van der Waals surface area contributed by atoms with Gasteiger partial charge in [0.25, 0.3) is 5.91 Å². The molecule has 1 aromatic heterocycles. The Kier molecular flexibility index (Phi) is 5.71. The monoisotopic (exact) mass is 403 g/mol. The minimum Gasteiger partial charge on any atom is -0.396 e. The molecule has 6 heteroatoms. The predicted octanol–water partition coefficient (Wildman–Crippen LogP) is 4.06.